The third-order valence-corrected chi connectivity index (χ3v) is 10.3. The highest BCUT2D eigenvalue weighted by molar-refractivity contribution is 6.22. The monoisotopic (exact) mass is 785 g/mol. The molecule has 0 unspecified atom stereocenters. The van der Waals surface area contributed by atoms with Crippen LogP contribution in [0.2, 0.25) is 0 Å². The fraction of sp³-hybridized carbons (Fsp3) is 0.122. The van der Waals surface area contributed by atoms with E-state index in [0.717, 1.165) is 39.5 Å². The molecule has 0 aliphatic carbocycles. The number of hydrogen-bond acceptors (Lipinski definition) is 8. The molecule has 0 saturated heterocycles. The fourth-order valence-corrected chi connectivity index (χ4v) is 7.29. The third-order valence-electron chi connectivity index (χ3n) is 10.3. The first-order valence-electron chi connectivity index (χ1n) is 19.0. The van der Waals surface area contributed by atoms with Gasteiger partial charge in [-0.1, -0.05) is 86.3 Å². The van der Waals surface area contributed by atoms with Crippen molar-refractivity contribution < 1.29 is 34.4 Å². The van der Waals surface area contributed by atoms with Gasteiger partial charge in [0.15, 0.2) is 23.2 Å². The van der Waals surface area contributed by atoms with E-state index in [1.165, 1.54) is 28.5 Å². The lowest BCUT2D eigenvalue weighted by Crippen LogP contribution is -2.06. The van der Waals surface area contributed by atoms with Crippen LogP contribution in [0.1, 0.15) is 55.5 Å². The molecule has 2 aromatic heterocycles. The van der Waals surface area contributed by atoms with Gasteiger partial charge in [0.1, 0.15) is 27.9 Å². The minimum Gasteiger partial charge on any atom is -0.504 e. The maximum atomic E-state index is 10.6. The Morgan fingerprint density at radius 3 is 1.97 bits per heavy atom. The summed E-state index contributed by atoms with van der Waals surface area (Å²) in [5.41, 5.74) is 10.4. The number of nitrogens with zero attached hydrogens (tertiary/aromatic N) is 2. The number of phenolic OH excluding ortho intramolecular Hbond substituents is 5. The Hall–Kier alpha value is -7.59. The van der Waals surface area contributed by atoms with Gasteiger partial charge in [0, 0.05) is 33.3 Å². The number of phenols is 5. The second kappa shape index (κ2) is 16.1. The normalized spacial score (nSPS) is 12.2. The van der Waals surface area contributed by atoms with E-state index in [9.17, 15) is 25.5 Å². The van der Waals surface area contributed by atoms with Gasteiger partial charge in [-0.05, 0) is 103 Å². The van der Waals surface area contributed by atoms with Gasteiger partial charge in [-0.2, -0.15) is 0 Å². The van der Waals surface area contributed by atoms with Crippen LogP contribution in [0, 0.1) is 12.3 Å². The Morgan fingerprint density at radius 1 is 0.695 bits per heavy atom. The van der Waals surface area contributed by atoms with Crippen molar-refractivity contribution in [2.75, 3.05) is 0 Å². The summed E-state index contributed by atoms with van der Waals surface area (Å²) in [4.78, 5) is 8.44. The first-order chi connectivity index (χ1) is 28.3. The first-order valence-corrected chi connectivity index (χ1v) is 19.0. The molecule has 0 saturated carbocycles. The summed E-state index contributed by atoms with van der Waals surface area (Å²) in [6, 6.07) is 31.2. The second-order valence-corrected chi connectivity index (χ2v) is 14.2. The molecule has 0 amide bonds. The van der Waals surface area contributed by atoms with Gasteiger partial charge < -0.3 is 34.4 Å². The van der Waals surface area contributed by atoms with Crippen LogP contribution in [-0.2, 0) is 6.42 Å². The summed E-state index contributed by atoms with van der Waals surface area (Å²) in [5, 5.41) is 63.7. The number of para-hydroxylation sites is 1. The Bertz CT molecular complexity index is 3040. The molecule has 0 fully saturated rings. The Labute approximate surface area is 340 Å². The van der Waals surface area contributed by atoms with Gasteiger partial charge in [0.25, 0.3) is 0 Å². The third kappa shape index (κ3) is 7.28. The summed E-state index contributed by atoms with van der Waals surface area (Å²) in [6.45, 7) is 14.1. The van der Waals surface area contributed by atoms with E-state index in [0.29, 0.717) is 33.1 Å². The standard InChI is InChI=1S/C36H25N3O7.C13H18/c1-17(2)16-38-36(29-30(40)32(42)34(44)33(43)31(29)41)39-35(37)21-9-6-12-26-28(21)22-15-18(13-14-24(22)46-26)19-8-5-11-25-27(19)20-7-3-4-10-23(20)45-25;1-5-10(3)13-9-7-8-11(4)12(13)6-2/h3-16,37,40-44H,1H2,2H3;5,7-9H,6H2,1-4H3/b;10-5+. The van der Waals surface area contributed by atoms with E-state index < -0.39 is 40.1 Å². The molecular weight excluding hydrogens is 743 g/mol. The summed E-state index contributed by atoms with van der Waals surface area (Å²) in [6.07, 6.45) is 4.56. The predicted octanol–water partition coefficient (Wildman–Crippen LogP) is 12.1. The zero-order chi connectivity index (χ0) is 42.1. The molecule has 296 valence electrons. The van der Waals surface area contributed by atoms with Crippen LogP contribution in [0.25, 0.3) is 60.6 Å². The highest BCUT2D eigenvalue weighted by Crippen LogP contribution is 2.51. The van der Waals surface area contributed by atoms with Crippen LogP contribution < -0.4 is 0 Å². The van der Waals surface area contributed by atoms with E-state index in [4.69, 9.17) is 14.2 Å². The molecule has 0 spiro atoms. The molecule has 0 radical (unpaired) electrons. The molecule has 10 heteroatoms. The van der Waals surface area contributed by atoms with Crippen LogP contribution in [0.5, 0.6) is 28.7 Å². The van der Waals surface area contributed by atoms with Crippen molar-refractivity contribution in [2.45, 2.75) is 41.0 Å². The van der Waals surface area contributed by atoms with Crippen molar-refractivity contribution >= 4 is 67.3 Å². The summed E-state index contributed by atoms with van der Waals surface area (Å²) < 4.78 is 12.2. The van der Waals surface area contributed by atoms with Gasteiger partial charge in [0.2, 0.25) is 17.2 Å². The van der Waals surface area contributed by atoms with Gasteiger partial charge in [-0.15, -0.1) is 0 Å². The van der Waals surface area contributed by atoms with Crippen molar-refractivity contribution in [2.24, 2.45) is 9.98 Å². The lowest BCUT2D eigenvalue weighted by atomic mass is 9.95. The van der Waals surface area contributed by atoms with E-state index in [2.05, 4.69) is 68.5 Å². The number of allylic oxidation sites excluding steroid dienone is 3. The van der Waals surface area contributed by atoms with Crippen molar-refractivity contribution in [3.8, 4) is 39.9 Å². The van der Waals surface area contributed by atoms with Crippen molar-refractivity contribution in [1.29, 1.82) is 5.41 Å². The molecule has 0 atom stereocenters. The number of aromatic hydroxyl groups is 5. The van der Waals surface area contributed by atoms with E-state index >= 15 is 0 Å². The molecule has 10 nitrogen and oxygen atoms in total. The summed E-state index contributed by atoms with van der Waals surface area (Å²) >= 11 is 0. The maximum absolute atomic E-state index is 10.6. The number of hydrogen-bond donors (Lipinski definition) is 6. The fourth-order valence-electron chi connectivity index (χ4n) is 7.29. The summed E-state index contributed by atoms with van der Waals surface area (Å²) in [5.74, 6) is -6.05. The lowest BCUT2D eigenvalue weighted by Gasteiger charge is -2.12. The predicted molar refractivity (Wildman–Crippen MR) is 238 cm³/mol. The lowest BCUT2D eigenvalue weighted by molar-refractivity contribution is 0.327. The Kier molecular flexibility index (Phi) is 10.8. The van der Waals surface area contributed by atoms with Gasteiger partial charge in [0.05, 0.1) is 0 Å². The van der Waals surface area contributed by atoms with Crippen LogP contribution in [0.3, 0.4) is 0 Å². The van der Waals surface area contributed by atoms with Crippen LogP contribution >= 0.6 is 0 Å². The van der Waals surface area contributed by atoms with E-state index in [-0.39, 0.29) is 5.84 Å². The largest absolute Gasteiger partial charge is 0.504 e. The minimum atomic E-state index is -1.12. The smallest absolute Gasteiger partial charge is 0.208 e. The van der Waals surface area contributed by atoms with Crippen LogP contribution in [-0.4, -0.2) is 43.4 Å². The molecule has 6 aromatic carbocycles. The van der Waals surface area contributed by atoms with Gasteiger partial charge >= 0.3 is 0 Å². The molecule has 0 aliphatic rings. The number of rotatable bonds is 6. The van der Waals surface area contributed by atoms with Gasteiger partial charge in [-0.25, -0.2) is 9.98 Å². The summed E-state index contributed by atoms with van der Waals surface area (Å²) in [7, 11) is 0. The van der Waals surface area contributed by atoms with Crippen molar-refractivity contribution in [1.82, 2.24) is 0 Å². The minimum absolute atomic E-state index is 0.332. The zero-order valence-corrected chi connectivity index (χ0v) is 33.3. The second-order valence-electron chi connectivity index (χ2n) is 14.2. The van der Waals surface area contributed by atoms with Crippen molar-refractivity contribution in [3.63, 3.8) is 0 Å². The Balaban J connectivity index is 0.000000348. The maximum Gasteiger partial charge on any atom is 0.208 e. The average molecular weight is 786 g/mol. The molecule has 0 aliphatic heterocycles. The zero-order valence-electron chi connectivity index (χ0n) is 33.3. The van der Waals surface area contributed by atoms with Gasteiger partial charge in [-0.3, -0.25) is 5.41 Å². The number of fused-ring (bicyclic) bond motifs is 6. The molecule has 6 N–H and O–H groups in total. The first kappa shape index (κ1) is 39.6. The van der Waals surface area contributed by atoms with Crippen molar-refractivity contribution in [3.05, 3.63) is 143 Å². The Morgan fingerprint density at radius 2 is 1.29 bits per heavy atom. The number of aliphatic imine (C=N–C) groups is 2. The molecule has 59 heavy (non-hydrogen) atoms. The van der Waals surface area contributed by atoms with E-state index in [1.807, 2.05) is 60.7 Å². The number of nitrogens with one attached hydrogen (secondary N) is 1. The molecular formula is C49H43N3O7. The molecule has 0 bridgehead atoms. The molecule has 8 aromatic rings. The van der Waals surface area contributed by atoms with Crippen LogP contribution in [0.15, 0.2) is 134 Å². The quantitative estimate of drug-likeness (QED) is 0.0420. The topological polar surface area (TPSA) is 176 Å². The SMILES string of the molecule is C/C=C(\C)c1cccc(C)c1CC.C=C(C)C=NC(=NC(=N)c1cccc2oc3ccc(-c4cccc5oc6ccccc6c45)cc3c12)c1c(O)c(O)c(O)c(O)c1O. The number of furan rings is 2. The number of benzene rings is 6. The number of aryl methyl sites for hydroxylation is 1. The highest BCUT2D eigenvalue weighted by Gasteiger charge is 2.27. The van der Waals surface area contributed by atoms with E-state index in [1.54, 1.807) is 25.1 Å². The average Bonchev–Trinajstić information content (AvgIpc) is 3.82. The molecule has 8 rings (SSSR count). The number of amidine groups is 2. The van der Waals surface area contributed by atoms with Crippen LogP contribution in [0.4, 0.5) is 0 Å². The highest BCUT2D eigenvalue weighted by atomic mass is 16.4. The molecule has 2 heterocycles.